The van der Waals surface area contributed by atoms with Crippen molar-refractivity contribution in [3.63, 3.8) is 0 Å². The van der Waals surface area contributed by atoms with Crippen molar-refractivity contribution in [2.24, 2.45) is 5.92 Å². The van der Waals surface area contributed by atoms with Gasteiger partial charge >= 0.3 is 0 Å². The second-order valence-corrected chi connectivity index (χ2v) is 10.1. The maximum Gasteiger partial charge on any atom is 0.236 e. The lowest BCUT2D eigenvalue weighted by Gasteiger charge is -2.41. The third-order valence-electron chi connectivity index (χ3n) is 7.41. The summed E-state index contributed by atoms with van der Waals surface area (Å²) in [5, 5.41) is 3.20. The first-order valence-corrected chi connectivity index (χ1v) is 12.3. The third kappa shape index (κ3) is 3.20. The topological polar surface area (TPSA) is 109 Å². The lowest BCUT2D eigenvalue weighted by molar-refractivity contribution is -0.131. The minimum atomic E-state index is -1.88. The fraction of sp³-hybridized carbons (Fsp3) is 0.346. The maximum atomic E-state index is 14.4. The molecule has 2 aromatic carbocycles. The zero-order chi connectivity index (χ0) is 26.2. The van der Waals surface area contributed by atoms with Crippen LogP contribution in [0.15, 0.2) is 29.5 Å². The number of carbonyl (C=O) groups excluding carboxylic acids is 3. The Morgan fingerprint density at radius 3 is 2.46 bits per heavy atom. The smallest absolute Gasteiger partial charge is 0.236 e. The SMILES string of the molecule is COc1cc(OC)c2c(c1Cl)O[C@@]1(C(=O)C3=C(C[C@H]1C)NC(=O)CC3c1cc(Cl)c3c(c1)OCO3)C2=O. The number of hydrogen-bond donors (Lipinski definition) is 1. The number of fused-ring (bicyclic) bond motifs is 2. The number of methoxy groups -OCH3 is 2. The van der Waals surface area contributed by atoms with Crippen LogP contribution in [0.25, 0.3) is 0 Å². The van der Waals surface area contributed by atoms with Gasteiger partial charge in [-0.15, -0.1) is 0 Å². The molecule has 0 aromatic heterocycles. The van der Waals surface area contributed by atoms with Crippen LogP contribution in [0.1, 0.15) is 41.6 Å². The molecule has 1 aliphatic carbocycles. The van der Waals surface area contributed by atoms with Gasteiger partial charge in [-0.2, -0.15) is 0 Å². The van der Waals surface area contributed by atoms with Gasteiger partial charge in [0.05, 0.1) is 19.2 Å². The van der Waals surface area contributed by atoms with Crippen LogP contribution in [-0.4, -0.2) is 44.1 Å². The molecule has 3 aliphatic heterocycles. The maximum absolute atomic E-state index is 14.4. The van der Waals surface area contributed by atoms with Crippen molar-refractivity contribution in [2.45, 2.75) is 31.3 Å². The fourth-order valence-corrected chi connectivity index (χ4v) is 6.20. The molecule has 9 nitrogen and oxygen atoms in total. The van der Waals surface area contributed by atoms with Crippen molar-refractivity contribution in [1.82, 2.24) is 5.32 Å². The van der Waals surface area contributed by atoms with Crippen LogP contribution in [0.3, 0.4) is 0 Å². The van der Waals surface area contributed by atoms with Gasteiger partial charge in [-0.05, 0) is 24.1 Å². The highest BCUT2D eigenvalue weighted by Gasteiger charge is 2.63. The molecule has 192 valence electrons. The number of Topliss-reactive ketones (excluding diaryl/α,β-unsaturated/α-hetero) is 2. The van der Waals surface area contributed by atoms with Gasteiger partial charge in [0.25, 0.3) is 0 Å². The molecule has 3 heterocycles. The lowest BCUT2D eigenvalue weighted by Crippen LogP contribution is -2.59. The van der Waals surface area contributed by atoms with E-state index in [1.165, 1.54) is 20.3 Å². The number of ether oxygens (including phenoxy) is 5. The van der Waals surface area contributed by atoms with Gasteiger partial charge in [-0.1, -0.05) is 30.1 Å². The zero-order valence-electron chi connectivity index (χ0n) is 20.0. The summed E-state index contributed by atoms with van der Waals surface area (Å²) in [4.78, 5) is 41.1. The molecular weight excluding hydrogens is 525 g/mol. The highest BCUT2D eigenvalue weighted by atomic mass is 35.5. The number of benzene rings is 2. The van der Waals surface area contributed by atoms with E-state index in [1.807, 2.05) is 0 Å². The number of allylic oxidation sites excluding steroid dienone is 1. The molecule has 0 bridgehead atoms. The zero-order valence-corrected chi connectivity index (χ0v) is 21.5. The molecule has 6 rings (SSSR count). The number of hydrogen-bond acceptors (Lipinski definition) is 8. The quantitative estimate of drug-likeness (QED) is 0.571. The molecule has 0 radical (unpaired) electrons. The average Bonchev–Trinajstić information content (AvgIpc) is 3.47. The predicted molar refractivity (Wildman–Crippen MR) is 131 cm³/mol. The summed E-state index contributed by atoms with van der Waals surface area (Å²) in [6.45, 7) is 1.75. The first-order valence-electron chi connectivity index (χ1n) is 11.6. The molecule has 1 amide bonds. The van der Waals surface area contributed by atoms with Crippen molar-refractivity contribution in [2.75, 3.05) is 21.0 Å². The second kappa shape index (κ2) is 8.29. The fourth-order valence-electron chi connectivity index (χ4n) is 5.66. The summed E-state index contributed by atoms with van der Waals surface area (Å²) in [6, 6.07) is 4.84. The van der Waals surface area contributed by atoms with E-state index >= 15 is 0 Å². The Bertz CT molecular complexity index is 1450. The van der Waals surface area contributed by atoms with Crippen molar-refractivity contribution in [1.29, 1.82) is 0 Å². The summed E-state index contributed by atoms with van der Waals surface area (Å²) < 4.78 is 27.9. The van der Waals surface area contributed by atoms with Gasteiger partial charge in [0.2, 0.25) is 29.9 Å². The van der Waals surface area contributed by atoms with E-state index in [9.17, 15) is 14.4 Å². The van der Waals surface area contributed by atoms with Gasteiger partial charge in [0.15, 0.2) is 17.2 Å². The second-order valence-electron chi connectivity index (χ2n) is 9.33. The van der Waals surface area contributed by atoms with E-state index < -0.39 is 29.0 Å². The predicted octanol–water partition coefficient (Wildman–Crippen LogP) is 4.22. The molecule has 0 saturated heterocycles. The first-order chi connectivity index (χ1) is 17.7. The number of ketones is 2. The van der Waals surface area contributed by atoms with Crippen LogP contribution < -0.4 is 29.0 Å². The van der Waals surface area contributed by atoms with E-state index in [0.29, 0.717) is 27.8 Å². The molecule has 1 unspecified atom stereocenters. The van der Waals surface area contributed by atoms with E-state index in [0.717, 1.165) is 0 Å². The Hall–Kier alpha value is -3.43. The van der Waals surface area contributed by atoms with Crippen LogP contribution in [0.2, 0.25) is 10.0 Å². The monoisotopic (exact) mass is 545 g/mol. The van der Waals surface area contributed by atoms with E-state index in [4.69, 9.17) is 46.9 Å². The molecule has 1 spiro atoms. The summed E-state index contributed by atoms with van der Waals surface area (Å²) in [5.41, 5.74) is -0.461. The average molecular weight is 546 g/mol. The molecule has 1 N–H and O–H groups in total. The number of nitrogens with one attached hydrogen (secondary N) is 1. The van der Waals surface area contributed by atoms with Crippen molar-refractivity contribution in [3.8, 4) is 28.7 Å². The van der Waals surface area contributed by atoms with E-state index in [2.05, 4.69) is 5.32 Å². The lowest BCUT2D eigenvalue weighted by atomic mass is 9.66. The van der Waals surface area contributed by atoms with Gasteiger partial charge in [0, 0.05) is 35.6 Å². The van der Waals surface area contributed by atoms with Crippen LogP contribution in [0.4, 0.5) is 0 Å². The molecule has 2 aromatic rings. The minimum absolute atomic E-state index is 0.0177. The molecule has 0 saturated carbocycles. The van der Waals surface area contributed by atoms with Crippen LogP contribution in [0.5, 0.6) is 28.7 Å². The number of amides is 1. The molecule has 37 heavy (non-hydrogen) atoms. The normalized spacial score (nSPS) is 25.6. The van der Waals surface area contributed by atoms with Crippen molar-refractivity contribution in [3.05, 3.63) is 50.6 Å². The van der Waals surface area contributed by atoms with E-state index in [-0.39, 0.29) is 58.9 Å². The van der Waals surface area contributed by atoms with Crippen LogP contribution in [-0.2, 0) is 9.59 Å². The third-order valence-corrected chi connectivity index (χ3v) is 8.05. The Labute approximate surface area is 221 Å². The Morgan fingerprint density at radius 1 is 0.973 bits per heavy atom. The highest BCUT2D eigenvalue weighted by Crippen LogP contribution is 2.55. The first kappa shape index (κ1) is 23.9. The summed E-state index contributed by atoms with van der Waals surface area (Å²) in [6.07, 6.45) is 0.197. The van der Waals surface area contributed by atoms with Crippen LogP contribution in [0, 0.1) is 5.92 Å². The van der Waals surface area contributed by atoms with Crippen molar-refractivity contribution >= 4 is 40.7 Å². The molecule has 4 aliphatic rings. The number of halogens is 2. The van der Waals surface area contributed by atoms with Crippen LogP contribution >= 0.6 is 23.2 Å². The standard InChI is InChI=1S/C26H21Cl2NO8/c1-10-4-14-19(12(7-18(30)29-14)11-5-13(27)22-17(6-11)35-9-36-22)24(31)26(10)25(32)20-15(33-2)8-16(34-3)21(28)23(20)37-26/h5-6,8,10,12H,4,7,9H2,1-3H3,(H,29,30)/t10-,12?,26+/m1/s1. The van der Waals surface area contributed by atoms with E-state index in [1.54, 1.807) is 19.1 Å². The van der Waals surface area contributed by atoms with Gasteiger partial charge in [-0.3, -0.25) is 14.4 Å². The summed E-state index contributed by atoms with van der Waals surface area (Å²) in [5.74, 6) is -1.34. The largest absolute Gasteiger partial charge is 0.496 e. The minimum Gasteiger partial charge on any atom is -0.496 e. The Balaban J connectivity index is 1.50. The molecule has 11 heteroatoms. The Kier molecular flexibility index (Phi) is 5.36. The molecule has 3 atom stereocenters. The molecular formula is C26H21Cl2NO8. The van der Waals surface area contributed by atoms with Gasteiger partial charge in [0.1, 0.15) is 22.1 Å². The van der Waals surface area contributed by atoms with Gasteiger partial charge in [-0.25, -0.2) is 0 Å². The molecule has 0 fully saturated rings. The van der Waals surface area contributed by atoms with Gasteiger partial charge < -0.3 is 29.0 Å². The van der Waals surface area contributed by atoms with Crippen molar-refractivity contribution < 1.29 is 38.1 Å². The summed E-state index contributed by atoms with van der Waals surface area (Å²) >= 11 is 12.9. The number of rotatable bonds is 3. The number of carbonyl (C=O) groups is 3. The highest BCUT2D eigenvalue weighted by molar-refractivity contribution is 6.36. The Morgan fingerprint density at radius 2 is 1.73 bits per heavy atom. The summed E-state index contributed by atoms with van der Waals surface area (Å²) in [7, 11) is 2.83.